The molecule has 0 aliphatic carbocycles. The van der Waals surface area contributed by atoms with E-state index in [1.807, 2.05) is 0 Å². The van der Waals surface area contributed by atoms with Crippen molar-refractivity contribution in [2.24, 2.45) is 5.73 Å². The minimum atomic E-state index is -4.91. The lowest BCUT2D eigenvalue weighted by Crippen LogP contribution is -2.17. The van der Waals surface area contributed by atoms with Crippen LogP contribution in [0.3, 0.4) is 0 Å². The third kappa shape index (κ3) is 4.17. The van der Waals surface area contributed by atoms with E-state index in [1.165, 1.54) is 6.26 Å². The Morgan fingerprint density at radius 3 is 2.24 bits per heavy atom. The van der Waals surface area contributed by atoms with E-state index in [2.05, 4.69) is 9.84 Å². The number of ether oxygens (including phenoxy) is 1. The molecule has 136 valence electrons. The standard InChI is InChI=1S/C12H9Cl2F3N4O2S2/c1-25(22)9-7(11(19)24)20-21(10(9)18)8-5(13)2-4(3-6(8)14)23-12(15,16)17/h2-3H,18H2,1H3,(H2,19,24). The molecule has 4 N–H and O–H groups in total. The second-order valence-corrected chi connectivity index (χ2v) is 7.15. The molecular formula is C12H9Cl2F3N4O2S2. The van der Waals surface area contributed by atoms with Gasteiger partial charge in [-0.05, 0) is 0 Å². The molecule has 0 aliphatic heterocycles. The van der Waals surface area contributed by atoms with Crippen LogP contribution < -0.4 is 16.2 Å². The summed E-state index contributed by atoms with van der Waals surface area (Å²) in [5.74, 6) is -0.734. The molecule has 0 fully saturated rings. The van der Waals surface area contributed by atoms with Crippen molar-refractivity contribution >= 4 is 57.0 Å². The zero-order valence-electron chi connectivity index (χ0n) is 12.2. The van der Waals surface area contributed by atoms with Gasteiger partial charge in [-0.1, -0.05) is 35.4 Å². The number of nitrogens with two attached hydrogens (primary N) is 2. The molecule has 1 unspecified atom stereocenters. The molecule has 0 spiro atoms. The van der Waals surface area contributed by atoms with E-state index >= 15 is 0 Å². The Bertz CT molecular complexity index is 863. The summed E-state index contributed by atoms with van der Waals surface area (Å²) < 4.78 is 53.6. The van der Waals surface area contributed by atoms with Crippen LogP contribution in [0, 0.1) is 0 Å². The molecule has 25 heavy (non-hydrogen) atoms. The minimum Gasteiger partial charge on any atom is -0.406 e. The summed E-state index contributed by atoms with van der Waals surface area (Å²) in [5, 5.41) is 3.56. The Morgan fingerprint density at radius 2 is 1.88 bits per heavy atom. The van der Waals surface area contributed by atoms with Crippen LogP contribution in [0.1, 0.15) is 5.69 Å². The number of hydrogen-bond acceptors (Lipinski definition) is 5. The molecule has 0 saturated heterocycles. The van der Waals surface area contributed by atoms with E-state index < -0.39 is 22.9 Å². The number of aromatic nitrogens is 2. The van der Waals surface area contributed by atoms with Gasteiger partial charge < -0.3 is 16.2 Å². The van der Waals surface area contributed by atoms with Gasteiger partial charge in [-0.2, -0.15) is 5.10 Å². The first-order valence-electron chi connectivity index (χ1n) is 6.19. The summed E-state index contributed by atoms with van der Waals surface area (Å²) in [6.45, 7) is 0. The van der Waals surface area contributed by atoms with Crippen molar-refractivity contribution in [3.05, 3.63) is 27.9 Å². The van der Waals surface area contributed by atoms with Crippen LogP contribution in [0.5, 0.6) is 5.75 Å². The number of anilines is 1. The predicted molar refractivity (Wildman–Crippen MR) is 92.9 cm³/mol. The molecule has 1 heterocycles. The Labute approximate surface area is 157 Å². The van der Waals surface area contributed by atoms with Crippen molar-refractivity contribution in [1.29, 1.82) is 0 Å². The maximum atomic E-state index is 12.3. The molecule has 1 aromatic carbocycles. The molecule has 6 nitrogen and oxygen atoms in total. The molecule has 1 atom stereocenters. The molecule has 13 heteroatoms. The number of hydrogen-bond donors (Lipinski definition) is 2. The summed E-state index contributed by atoms with van der Waals surface area (Å²) in [6.07, 6.45) is -3.58. The van der Waals surface area contributed by atoms with Gasteiger partial charge in [0, 0.05) is 18.4 Å². The number of thiocarbonyl (C=S) groups is 1. The Morgan fingerprint density at radius 1 is 1.36 bits per heavy atom. The van der Waals surface area contributed by atoms with Crippen LogP contribution in [0.15, 0.2) is 17.0 Å². The SMILES string of the molecule is CS(=O)c1c(C(N)=S)nn(-c2c(Cl)cc(OC(F)(F)F)cc2Cl)c1N. The van der Waals surface area contributed by atoms with Gasteiger partial charge in [-0.25, -0.2) is 4.68 Å². The largest absolute Gasteiger partial charge is 0.573 e. The van der Waals surface area contributed by atoms with Gasteiger partial charge in [-0.15, -0.1) is 13.2 Å². The highest BCUT2D eigenvalue weighted by atomic mass is 35.5. The van der Waals surface area contributed by atoms with Gasteiger partial charge in [0.05, 0.1) is 20.8 Å². The van der Waals surface area contributed by atoms with E-state index in [9.17, 15) is 17.4 Å². The van der Waals surface area contributed by atoms with Gasteiger partial charge in [0.25, 0.3) is 0 Å². The van der Waals surface area contributed by atoms with Gasteiger partial charge in [0.1, 0.15) is 32.8 Å². The Balaban J connectivity index is 2.66. The normalized spacial score (nSPS) is 12.9. The fraction of sp³-hybridized carbons (Fsp3) is 0.167. The van der Waals surface area contributed by atoms with Gasteiger partial charge >= 0.3 is 6.36 Å². The molecule has 0 radical (unpaired) electrons. The topological polar surface area (TPSA) is 96.2 Å². The minimum absolute atomic E-state index is 0.00363. The zero-order chi connectivity index (χ0) is 19.1. The fourth-order valence-corrected chi connectivity index (χ4v) is 3.61. The first-order valence-corrected chi connectivity index (χ1v) is 8.91. The number of nitrogen functional groups attached to an aromatic ring is 1. The lowest BCUT2D eigenvalue weighted by atomic mass is 10.3. The van der Waals surface area contributed by atoms with E-state index in [1.54, 1.807) is 0 Å². The van der Waals surface area contributed by atoms with Crippen molar-refractivity contribution in [3.63, 3.8) is 0 Å². The fourth-order valence-electron chi connectivity index (χ4n) is 1.97. The Kier molecular flexibility index (Phi) is 5.52. The van der Waals surface area contributed by atoms with Crippen LogP contribution in [0.4, 0.5) is 19.0 Å². The zero-order valence-corrected chi connectivity index (χ0v) is 15.4. The Hall–Kier alpha value is -1.56. The molecule has 0 aliphatic rings. The predicted octanol–water partition coefficient (Wildman–Crippen LogP) is 3.03. The second-order valence-electron chi connectivity index (χ2n) is 4.58. The number of alkyl halides is 3. The van der Waals surface area contributed by atoms with E-state index in [0.717, 1.165) is 16.8 Å². The molecule has 2 aromatic rings. The average molecular weight is 433 g/mol. The van der Waals surface area contributed by atoms with Crippen LogP contribution in [-0.2, 0) is 10.8 Å². The number of nitrogens with zero attached hydrogens (tertiary/aromatic N) is 2. The summed E-state index contributed by atoms with van der Waals surface area (Å²) >= 11 is 16.8. The number of halogens is 5. The monoisotopic (exact) mass is 432 g/mol. The van der Waals surface area contributed by atoms with Crippen LogP contribution in [0.25, 0.3) is 5.69 Å². The smallest absolute Gasteiger partial charge is 0.406 e. The number of rotatable bonds is 4. The van der Waals surface area contributed by atoms with Crippen LogP contribution in [0.2, 0.25) is 10.0 Å². The molecular weight excluding hydrogens is 424 g/mol. The molecule has 0 bridgehead atoms. The van der Waals surface area contributed by atoms with Crippen molar-refractivity contribution in [2.75, 3.05) is 12.0 Å². The first kappa shape index (κ1) is 19.8. The third-order valence-corrected chi connectivity index (χ3v) is 4.58. The number of benzene rings is 1. The lowest BCUT2D eigenvalue weighted by molar-refractivity contribution is -0.274. The third-order valence-electron chi connectivity index (χ3n) is 2.83. The van der Waals surface area contributed by atoms with Crippen molar-refractivity contribution in [2.45, 2.75) is 11.3 Å². The quantitative estimate of drug-likeness (QED) is 0.720. The highest BCUT2D eigenvalue weighted by molar-refractivity contribution is 7.85. The molecule has 2 rings (SSSR count). The van der Waals surface area contributed by atoms with Crippen molar-refractivity contribution in [1.82, 2.24) is 9.78 Å². The van der Waals surface area contributed by atoms with Gasteiger partial charge in [0.2, 0.25) is 0 Å². The molecule has 0 amide bonds. The average Bonchev–Trinajstić information content (AvgIpc) is 2.74. The maximum absolute atomic E-state index is 12.3. The van der Waals surface area contributed by atoms with Crippen molar-refractivity contribution in [3.8, 4) is 11.4 Å². The highest BCUT2D eigenvalue weighted by Crippen LogP contribution is 2.37. The first-order chi connectivity index (χ1) is 11.4. The second kappa shape index (κ2) is 6.98. The maximum Gasteiger partial charge on any atom is 0.573 e. The molecule has 1 aromatic heterocycles. The van der Waals surface area contributed by atoms with Crippen LogP contribution >= 0.6 is 35.4 Å². The van der Waals surface area contributed by atoms with E-state index in [0.29, 0.717) is 0 Å². The summed E-state index contributed by atoms with van der Waals surface area (Å²) in [7, 11) is -1.59. The summed E-state index contributed by atoms with van der Waals surface area (Å²) in [5.41, 5.74) is 11.4. The molecule has 0 saturated carbocycles. The van der Waals surface area contributed by atoms with Crippen LogP contribution in [-0.4, -0.2) is 31.6 Å². The van der Waals surface area contributed by atoms with Gasteiger partial charge in [0.15, 0.2) is 0 Å². The van der Waals surface area contributed by atoms with E-state index in [4.69, 9.17) is 46.9 Å². The van der Waals surface area contributed by atoms with E-state index in [-0.39, 0.29) is 37.1 Å². The highest BCUT2D eigenvalue weighted by Gasteiger charge is 2.32. The summed E-state index contributed by atoms with van der Waals surface area (Å²) in [6, 6.07) is 1.78. The van der Waals surface area contributed by atoms with Crippen molar-refractivity contribution < 1.29 is 22.1 Å². The summed E-state index contributed by atoms with van der Waals surface area (Å²) in [4.78, 5) is -0.102. The lowest BCUT2D eigenvalue weighted by Gasteiger charge is -2.13. The van der Waals surface area contributed by atoms with Gasteiger partial charge in [-0.3, -0.25) is 4.21 Å².